The number of hydrogen-bond donors (Lipinski definition) is 1. The lowest BCUT2D eigenvalue weighted by Crippen LogP contribution is -1.81. The zero-order valence-electron chi connectivity index (χ0n) is 5.36. The molecule has 0 heterocycles. The molecule has 44 valence electrons. The van der Waals surface area contributed by atoms with Crippen molar-refractivity contribution in [2.24, 2.45) is 0 Å². The van der Waals surface area contributed by atoms with E-state index in [2.05, 4.69) is 6.58 Å². The second-order valence-electron chi connectivity index (χ2n) is 1.67. The van der Waals surface area contributed by atoms with Gasteiger partial charge in [0.05, 0.1) is 0 Å². The third-order valence-corrected chi connectivity index (χ3v) is 0.959. The Balaban J connectivity index is 4.13. The first-order valence-corrected chi connectivity index (χ1v) is 2.55. The molecule has 0 saturated carbocycles. The number of nitrogens with one attached hydrogen (secondary N) is 1. The summed E-state index contributed by atoms with van der Waals surface area (Å²) < 4.78 is 0. The van der Waals surface area contributed by atoms with E-state index in [0.717, 1.165) is 11.1 Å². The standard InChI is InChI=1S/C7H11N/c1-4-7(5-8)6(2)3/h4-5,8H,2H2,1,3H3/b7-4+,8-5?. The molecule has 0 unspecified atom stereocenters. The van der Waals surface area contributed by atoms with Crippen LogP contribution in [0.5, 0.6) is 0 Å². The van der Waals surface area contributed by atoms with Crippen LogP contribution < -0.4 is 0 Å². The highest BCUT2D eigenvalue weighted by atomic mass is 14.3. The molecule has 0 fully saturated rings. The van der Waals surface area contributed by atoms with Crippen LogP contribution in [0, 0.1) is 5.41 Å². The molecule has 1 N–H and O–H groups in total. The van der Waals surface area contributed by atoms with Crippen LogP contribution in [-0.2, 0) is 0 Å². The zero-order valence-corrected chi connectivity index (χ0v) is 5.36. The fourth-order valence-electron chi connectivity index (χ4n) is 0.453. The zero-order chi connectivity index (χ0) is 6.57. The highest BCUT2D eigenvalue weighted by molar-refractivity contribution is 5.81. The van der Waals surface area contributed by atoms with Gasteiger partial charge in [0, 0.05) is 6.21 Å². The van der Waals surface area contributed by atoms with Crippen molar-refractivity contribution < 1.29 is 0 Å². The van der Waals surface area contributed by atoms with Crippen LogP contribution in [0.3, 0.4) is 0 Å². The lowest BCUT2D eigenvalue weighted by molar-refractivity contribution is 1.44. The van der Waals surface area contributed by atoms with Crippen molar-refractivity contribution in [1.29, 1.82) is 5.41 Å². The molecule has 0 saturated heterocycles. The van der Waals surface area contributed by atoms with Crippen LogP contribution in [0.25, 0.3) is 0 Å². The summed E-state index contributed by atoms with van der Waals surface area (Å²) in [4.78, 5) is 0. The molecule has 0 amide bonds. The van der Waals surface area contributed by atoms with Crippen molar-refractivity contribution in [3.8, 4) is 0 Å². The number of hydrogen-bond acceptors (Lipinski definition) is 1. The first-order chi connectivity index (χ1) is 3.72. The Hall–Kier alpha value is -0.850. The molecule has 8 heavy (non-hydrogen) atoms. The molecular weight excluding hydrogens is 98.1 g/mol. The average molecular weight is 109 g/mol. The van der Waals surface area contributed by atoms with Gasteiger partial charge >= 0.3 is 0 Å². The van der Waals surface area contributed by atoms with Crippen molar-refractivity contribution >= 4 is 6.21 Å². The Morgan fingerprint density at radius 3 is 2.12 bits per heavy atom. The molecule has 0 aliphatic heterocycles. The fourth-order valence-corrected chi connectivity index (χ4v) is 0.453. The Labute approximate surface area is 50.2 Å². The van der Waals surface area contributed by atoms with Crippen LogP contribution in [0.2, 0.25) is 0 Å². The van der Waals surface area contributed by atoms with Crippen molar-refractivity contribution in [2.75, 3.05) is 0 Å². The summed E-state index contributed by atoms with van der Waals surface area (Å²) in [7, 11) is 0. The minimum absolute atomic E-state index is 0.907. The van der Waals surface area contributed by atoms with Crippen LogP contribution in [0.1, 0.15) is 13.8 Å². The van der Waals surface area contributed by atoms with Crippen LogP contribution in [0.4, 0.5) is 0 Å². The molecule has 0 rings (SSSR count). The van der Waals surface area contributed by atoms with Gasteiger partial charge in [-0.2, -0.15) is 0 Å². The second-order valence-corrected chi connectivity index (χ2v) is 1.67. The fraction of sp³-hybridized carbons (Fsp3) is 0.286. The van der Waals surface area contributed by atoms with Crippen LogP contribution >= 0.6 is 0 Å². The maximum Gasteiger partial charge on any atom is 0.0249 e. The van der Waals surface area contributed by atoms with Crippen LogP contribution in [-0.4, -0.2) is 6.21 Å². The van der Waals surface area contributed by atoms with Gasteiger partial charge in [0.1, 0.15) is 0 Å². The van der Waals surface area contributed by atoms with E-state index >= 15 is 0 Å². The summed E-state index contributed by atoms with van der Waals surface area (Å²) in [6.45, 7) is 7.46. The maximum absolute atomic E-state index is 6.84. The van der Waals surface area contributed by atoms with E-state index in [1.54, 1.807) is 0 Å². The average Bonchev–Trinajstić information content (AvgIpc) is 1.69. The van der Waals surface area contributed by atoms with E-state index in [1.807, 2.05) is 19.9 Å². The van der Waals surface area contributed by atoms with Crippen molar-refractivity contribution in [2.45, 2.75) is 13.8 Å². The molecule has 0 radical (unpaired) electrons. The molecule has 0 spiro atoms. The largest absolute Gasteiger partial charge is 0.308 e. The van der Waals surface area contributed by atoms with Gasteiger partial charge in [-0.25, -0.2) is 0 Å². The lowest BCUT2D eigenvalue weighted by Gasteiger charge is -1.93. The highest BCUT2D eigenvalue weighted by Crippen LogP contribution is 2.00. The van der Waals surface area contributed by atoms with Crippen molar-refractivity contribution in [3.05, 3.63) is 23.8 Å². The molecule has 0 aromatic heterocycles. The van der Waals surface area contributed by atoms with E-state index < -0.39 is 0 Å². The van der Waals surface area contributed by atoms with Gasteiger partial charge in [-0.05, 0) is 25.0 Å². The maximum atomic E-state index is 6.84. The van der Waals surface area contributed by atoms with Gasteiger partial charge in [-0.3, -0.25) is 0 Å². The van der Waals surface area contributed by atoms with E-state index in [0.29, 0.717) is 0 Å². The Morgan fingerprint density at radius 2 is 2.12 bits per heavy atom. The molecule has 0 bridgehead atoms. The molecular formula is C7H11N. The minimum atomic E-state index is 0.907. The third-order valence-electron chi connectivity index (χ3n) is 0.959. The highest BCUT2D eigenvalue weighted by Gasteiger charge is 1.86. The van der Waals surface area contributed by atoms with E-state index in [-0.39, 0.29) is 0 Å². The van der Waals surface area contributed by atoms with E-state index in [9.17, 15) is 0 Å². The van der Waals surface area contributed by atoms with Gasteiger partial charge in [0.25, 0.3) is 0 Å². The normalized spacial score (nSPS) is 11.0. The molecule has 0 aliphatic carbocycles. The quantitative estimate of drug-likeness (QED) is 0.415. The Morgan fingerprint density at radius 1 is 1.62 bits per heavy atom. The summed E-state index contributed by atoms with van der Waals surface area (Å²) in [6, 6.07) is 0. The monoisotopic (exact) mass is 109 g/mol. The van der Waals surface area contributed by atoms with Gasteiger partial charge in [-0.1, -0.05) is 12.7 Å². The predicted molar refractivity (Wildman–Crippen MR) is 37.4 cm³/mol. The lowest BCUT2D eigenvalue weighted by atomic mass is 10.1. The van der Waals surface area contributed by atoms with Gasteiger partial charge in [0.15, 0.2) is 0 Å². The summed E-state index contributed by atoms with van der Waals surface area (Å²) in [5.74, 6) is 0. The summed E-state index contributed by atoms with van der Waals surface area (Å²) in [6.07, 6.45) is 3.18. The van der Waals surface area contributed by atoms with E-state index in [1.165, 1.54) is 6.21 Å². The molecule has 0 aromatic rings. The van der Waals surface area contributed by atoms with E-state index in [4.69, 9.17) is 5.41 Å². The molecule has 1 heteroatoms. The molecule has 0 aliphatic rings. The molecule has 0 atom stereocenters. The first kappa shape index (κ1) is 7.15. The molecule has 0 aromatic carbocycles. The summed E-state index contributed by atoms with van der Waals surface area (Å²) in [5.41, 5.74) is 1.85. The second kappa shape index (κ2) is 3.19. The number of allylic oxidation sites excluding steroid dienone is 3. The smallest absolute Gasteiger partial charge is 0.0249 e. The van der Waals surface area contributed by atoms with Gasteiger partial charge in [0.2, 0.25) is 0 Å². The van der Waals surface area contributed by atoms with Gasteiger partial charge in [-0.15, -0.1) is 0 Å². The number of rotatable bonds is 2. The summed E-state index contributed by atoms with van der Waals surface area (Å²) >= 11 is 0. The topological polar surface area (TPSA) is 23.9 Å². The third kappa shape index (κ3) is 1.73. The minimum Gasteiger partial charge on any atom is -0.308 e. The van der Waals surface area contributed by atoms with Gasteiger partial charge < -0.3 is 5.41 Å². The van der Waals surface area contributed by atoms with Crippen molar-refractivity contribution in [3.63, 3.8) is 0 Å². The summed E-state index contributed by atoms with van der Waals surface area (Å²) in [5, 5.41) is 6.84. The van der Waals surface area contributed by atoms with Crippen molar-refractivity contribution in [1.82, 2.24) is 0 Å². The Kier molecular flexibility index (Phi) is 2.85. The SMILES string of the molecule is C=C(C)/C(C=N)=C/C. The molecule has 1 nitrogen and oxygen atoms in total. The first-order valence-electron chi connectivity index (χ1n) is 2.55. The van der Waals surface area contributed by atoms with Crippen LogP contribution in [0.15, 0.2) is 23.8 Å². The Bertz CT molecular complexity index is 131. The predicted octanol–water partition coefficient (Wildman–Crippen LogP) is 2.16.